The molecule has 424 valence electrons. The van der Waals surface area contributed by atoms with Crippen molar-refractivity contribution < 1.29 is 0 Å². The summed E-state index contributed by atoms with van der Waals surface area (Å²) in [5.41, 5.74) is 26.1. The number of nitrogens with zero attached hydrogens (tertiary/aromatic N) is 3. The van der Waals surface area contributed by atoms with E-state index in [9.17, 15) is 0 Å². The molecule has 0 saturated heterocycles. The van der Waals surface area contributed by atoms with Crippen LogP contribution in [0.25, 0.3) is 90.9 Å². The number of hydrogen-bond acceptors (Lipinski definition) is 3. The highest BCUT2D eigenvalue weighted by atomic mass is 15.1. The Labute approximate surface area is 496 Å². The lowest BCUT2D eigenvalue weighted by atomic mass is 9.78. The first-order valence-electron chi connectivity index (χ1n) is 29.7. The normalized spacial score (nSPS) is 13.1. The molecule has 0 fully saturated rings. The van der Waals surface area contributed by atoms with Crippen LogP contribution in [0.1, 0.15) is 192 Å². The van der Waals surface area contributed by atoms with E-state index in [1.807, 2.05) is 0 Å². The number of H-pyrrole nitrogens is 2. The maximum Gasteiger partial charge on any atom is 0.0737 e. The smallest absolute Gasteiger partial charge is 0.0737 e. The number of fused-ring (bicyclic) bond motifs is 8. The van der Waals surface area contributed by atoms with Crippen LogP contribution in [0.15, 0.2) is 127 Å². The Morgan fingerprint density at radius 2 is 0.542 bits per heavy atom. The van der Waals surface area contributed by atoms with Gasteiger partial charge in [-0.15, -0.1) is 0 Å². The zero-order valence-electron chi connectivity index (χ0n) is 53.3. The van der Waals surface area contributed by atoms with E-state index in [4.69, 9.17) is 9.97 Å². The summed E-state index contributed by atoms with van der Waals surface area (Å²) < 4.78 is 0. The van der Waals surface area contributed by atoms with E-state index in [1.54, 1.807) is 0 Å². The third kappa shape index (κ3) is 12.3. The fourth-order valence-corrected chi connectivity index (χ4v) is 11.0. The van der Waals surface area contributed by atoms with Gasteiger partial charge in [-0.2, -0.15) is 0 Å². The molecular formula is C78H87N5. The molecule has 2 aliphatic heterocycles. The average molecular weight is 1090 g/mol. The predicted octanol–water partition coefficient (Wildman–Crippen LogP) is 20.6. The number of benzene rings is 5. The molecule has 8 bridgehead atoms. The maximum atomic E-state index is 5.84. The molecule has 2 N–H and O–H groups in total. The van der Waals surface area contributed by atoms with Crippen molar-refractivity contribution in [3.63, 3.8) is 0 Å². The third-order valence-corrected chi connectivity index (χ3v) is 16.5. The fourth-order valence-electron chi connectivity index (χ4n) is 11.0. The van der Waals surface area contributed by atoms with Crippen molar-refractivity contribution in [3.05, 3.63) is 195 Å². The first kappa shape index (κ1) is 58.3. The minimum atomic E-state index is -0.108. The Balaban J connectivity index is 1.37. The van der Waals surface area contributed by atoms with E-state index in [2.05, 4.69) is 317 Å². The summed E-state index contributed by atoms with van der Waals surface area (Å²) in [6.45, 7) is 41.6. The van der Waals surface area contributed by atoms with Crippen LogP contribution >= 0.6 is 0 Å². The van der Waals surface area contributed by atoms with Gasteiger partial charge in [0.15, 0.2) is 0 Å². The zero-order valence-corrected chi connectivity index (χ0v) is 53.3. The largest absolute Gasteiger partial charge is 0.378 e. The maximum absolute atomic E-state index is 5.84. The molecule has 0 unspecified atom stereocenters. The summed E-state index contributed by atoms with van der Waals surface area (Å²) >= 11 is 0. The van der Waals surface area contributed by atoms with Crippen molar-refractivity contribution in [1.29, 1.82) is 0 Å². The summed E-state index contributed by atoms with van der Waals surface area (Å²) in [4.78, 5) is 21.9. The molecule has 0 spiro atoms. The van der Waals surface area contributed by atoms with Crippen molar-refractivity contribution in [2.45, 2.75) is 157 Å². The van der Waals surface area contributed by atoms with Gasteiger partial charge in [-0.1, -0.05) is 203 Å². The quantitative estimate of drug-likeness (QED) is 0.169. The molecule has 5 aromatic carbocycles. The second-order valence-electron chi connectivity index (χ2n) is 29.7. The second kappa shape index (κ2) is 21.0. The Kier molecular flexibility index (Phi) is 14.8. The van der Waals surface area contributed by atoms with Gasteiger partial charge in [0, 0.05) is 75.2 Å². The standard InChI is InChI=1S/C78H87N5/c1-73(2,3)54-39-51(40-55(45-54)74(4,5)6)70-63-33-31-61(79-63)69(50-27-23-48(24-28-50)21-22-49-25-29-60(30-26-49)83(19)20)62-32-34-64(80-62)71(52-41-56(75(7,8)9)46-57(42-52)76(10,11)12)66-36-38-68(82-66)72(67-37-35-65(70)81-67)53-43-58(77(13,14)15)47-59(44-53)78(16,17)18/h23-47,79,82H,1-20H3. The predicted molar refractivity (Wildman–Crippen MR) is 360 cm³/mol. The van der Waals surface area contributed by atoms with Gasteiger partial charge in [0.2, 0.25) is 0 Å². The molecule has 0 atom stereocenters. The van der Waals surface area contributed by atoms with Crippen molar-refractivity contribution in [2.75, 3.05) is 19.0 Å². The summed E-state index contributed by atoms with van der Waals surface area (Å²) in [5, 5.41) is 0. The van der Waals surface area contributed by atoms with Crippen molar-refractivity contribution in [1.82, 2.24) is 19.9 Å². The summed E-state index contributed by atoms with van der Waals surface area (Å²) in [5.74, 6) is 6.85. The lowest BCUT2D eigenvalue weighted by Crippen LogP contribution is -2.16. The highest BCUT2D eigenvalue weighted by molar-refractivity contribution is 6.00. The molecule has 5 heteroatoms. The number of rotatable bonds is 5. The zero-order chi connectivity index (χ0) is 59.9. The molecule has 8 aromatic rings. The van der Waals surface area contributed by atoms with Gasteiger partial charge in [-0.05, 0) is 173 Å². The van der Waals surface area contributed by atoms with Crippen LogP contribution in [0.4, 0.5) is 5.69 Å². The van der Waals surface area contributed by atoms with Gasteiger partial charge in [-0.25, -0.2) is 9.97 Å². The van der Waals surface area contributed by atoms with Gasteiger partial charge in [0.1, 0.15) is 0 Å². The third-order valence-electron chi connectivity index (χ3n) is 16.5. The van der Waals surface area contributed by atoms with E-state index >= 15 is 0 Å². The van der Waals surface area contributed by atoms with Gasteiger partial charge in [0.05, 0.1) is 22.8 Å². The van der Waals surface area contributed by atoms with Gasteiger partial charge in [-0.3, -0.25) is 0 Å². The summed E-state index contributed by atoms with van der Waals surface area (Å²) in [7, 11) is 4.11. The van der Waals surface area contributed by atoms with Crippen LogP contribution in [0, 0.1) is 11.8 Å². The monoisotopic (exact) mass is 1090 g/mol. The molecule has 3 aromatic heterocycles. The Morgan fingerprint density at radius 3 is 0.783 bits per heavy atom. The molecular weight excluding hydrogens is 1010 g/mol. The minimum Gasteiger partial charge on any atom is -0.378 e. The van der Waals surface area contributed by atoms with Crippen LogP contribution in [0.3, 0.4) is 0 Å². The SMILES string of the molecule is CN(C)c1ccc(C#Cc2ccc(-c3c4nc(c(-c5cc(C(C)(C)C)cc(C(C)(C)C)c5)c5ccc([nH]5)c(-c5cc(C(C)(C)C)cc(C(C)(C)C)c5)c5nc(c(-c6cc(C(C)(C)C)cc(C(C)(C)C)c6)c6ccc3[nH]6)C=C5)C=C4)cc2)cc1. The lowest BCUT2D eigenvalue weighted by Gasteiger charge is -2.26. The summed E-state index contributed by atoms with van der Waals surface area (Å²) in [6, 6.07) is 47.7. The van der Waals surface area contributed by atoms with Crippen molar-refractivity contribution in [3.8, 4) is 56.3 Å². The van der Waals surface area contributed by atoms with Crippen LogP contribution in [-0.4, -0.2) is 34.0 Å². The van der Waals surface area contributed by atoms with E-state index in [0.29, 0.717) is 0 Å². The fraction of sp³-hybridized carbons (Fsp3) is 0.333. The Morgan fingerprint density at radius 1 is 0.301 bits per heavy atom. The van der Waals surface area contributed by atoms with Crippen LogP contribution in [0.5, 0.6) is 0 Å². The molecule has 0 radical (unpaired) electrons. The highest BCUT2D eigenvalue weighted by Crippen LogP contribution is 2.44. The lowest BCUT2D eigenvalue weighted by molar-refractivity contribution is 0.568. The molecule has 83 heavy (non-hydrogen) atoms. The molecule has 10 rings (SSSR count). The number of nitrogens with one attached hydrogen (secondary N) is 2. The number of hydrogen-bond donors (Lipinski definition) is 2. The minimum absolute atomic E-state index is 0.105. The van der Waals surface area contributed by atoms with Crippen molar-refractivity contribution in [2.24, 2.45) is 0 Å². The summed E-state index contributed by atoms with van der Waals surface area (Å²) in [6.07, 6.45) is 8.90. The highest BCUT2D eigenvalue weighted by Gasteiger charge is 2.28. The first-order chi connectivity index (χ1) is 38.7. The Bertz CT molecular complexity index is 3960. The van der Waals surface area contributed by atoms with E-state index < -0.39 is 0 Å². The molecule has 0 aliphatic carbocycles. The Hall–Kier alpha value is -7.94. The van der Waals surface area contributed by atoms with Crippen LogP contribution < -0.4 is 4.90 Å². The number of aromatic amines is 2. The van der Waals surface area contributed by atoms with Crippen molar-refractivity contribution >= 4 is 52.1 Å². The number of anilines is 1. The average Bonchev–Trinajstić information content (AvgIpc) is 2.84. The second-order valence-corrected chi connectivity index (χ2v) is 29.7. The molecule has 2 aliphatic rings. The molecule has 5 heterocycles. The van der Waals surface area contributed by atoms with Gasteiger partial charge in [0.25, 0.3) is 0 Å². The van der Waals surface area contributed by atoms with Crippen LogP contribution in [-0.2, 0) is 32.5 Å². The van der Waals surface area contributed by atoms with Gasteiger partial charge < -0.3 is 14.9 Å². The molecule has 0 amide bonds. The van der Waals surface area contributed by atoms with E-state index in [-0.39, 0.29) is 32.5 Å². The van der Waals surface area contributed by atoms with Gasteiger partial charge >= 0.3 is 0 Å². The van der Waals surface area contributed by atoms with E-state index in [0.717, 1.165) is 106 Å². The number of aromatic nitrogens is 4. The van der Waals surface area contributed by atoms with E-state index in [1.165, 1.54) is 33.4 Å². The molecule has 5 nitrogen and oxygen atoms in total. The molecule has 0 saturated carbocycles. The topological polar surface area (TPSA) is 60.6 Å². The first-order valence-corrected chi connectivity index (χ1v) is 29.7. The van der Waals surface area contributed by atoms with Crippen LogP contribution in [0.2, 0.25) is 0 Å².